The number of thiophene rings is 1. The van der Waals surface area contributed by atoms with E-state index < -0.39 is 0 Å². The van der Waals surface area contributed by atoms with Crippen LogP contribution in [-0.2, 0) is 4.79 Å². The summed E-state index contributed by atoms with van der Waals surface area (Å²) in [5.41, 5.74) is 3.26. The molecule has 1 amide bonds. The van der Waals surface area contributed by atoms with Crippen molar-refractivity contribution in [1.82, 2.24) is 10.2 Å². The van der Waals surface area contributed by atoms with E-state index in [0.29, 0.717) is 11.7 Å². The van der Waals surface area contributed by atoms with Gasteiger partial charge in [0, 0.05) is 23.3 Å². The van der Waals surface area contributed by atoms with Gasteiger partial charge in [-0.3, -0.25) is 9.89 Å². The van der Waals surface area contributed by atoms with E-state index in [1.54, 1.807) is 17.4 Å². The van der Waals surface area contributed by atoms with Gasteiger partial charge < -0.3 is 5.32 Å². The van der Waals surface area contributed by atoms with Crippen LogP contribution in [0, 0.1) is 6.92 Å². The SMILES string of the molecule is Cc1c(NC(=O)/C=C/c2ccsc2)n[nH]c1C1CC1. The average molecular weight is 273 g/mol. The first-order chi connectivity index (χ1) is 9.24. The number of hydrogen-bond donors (Lipinski definition) is 2. The summed E-state index contributed by atoms with van der Waals surface area (Å²) in [4.78, 5) is 11.8. The normalized spacial score (nSPS) is 15.0. The van der Waals surface area contributed by atoms with Crippen LogP contribution >= 0.6 is 11.3 Å². The predicted octanol–water partition coefficient (Wildman–Crippen LogP) is 3.31. The van der Waals surface area contributed by atoms with Gasteiger partial charge in [-0.05, 0) is 48.2 Å². The van der Waals surface area contributed by atoms with Crippen LogP contribution in [0.4, 0.5) is 5.82 Å². The van der Waals surface area contributed by atoms with Crippen molar-refractivity contribution in [3.8, 4) is 0 Å². The van der Waals surface area contributed by atoms with E-state index in [2.05, 4.69) is 15.5 Å². The van der Waals surface area contributed by atoms with Gasteiger partial charge in [0.1, 0.15) is 0 Å². The fraction of sp³-hybridized carbons (Fsp3) is 0.286. The van der Waals surface area contributed by atoms with Crippen LogP contribution in [0.1, 0.15) is 35.6 Å². The highest BCUT2D eigenvalue weighted by Crippen LogP contribution is 2.41. The molecule has 5 heteroatoms. The zero-order valence-corrected chi connectivity index (χ0v) is 11.5. The molecule has 1 aliphatic rings. The molecular formula is C14H15N3OS. The lowest BCUT2D eigenvalue weighted by Gasteiger charge is -1.99. The minimum atomic E-state index is -0.150. The quantitative estimate of drug-likeness (QED) is 0.840. The Hall–Kier alpha value is -1.88. The van der Waals surface area contributed by atoms with E-state index in [9.17, 15) is 4.79 Å². The molecule has 3 rings (SSSR count). The number of amides is 1. The monoisotopic (exact) mass is 273 g/mol. The van der Waals surface area contributed by atoms with Crippen LogP contribution in [0.3, 0.4) is 0 Å². The summed E-state index contributed by atoms with van der Waals surface area (Å²) in [7, 11) is 0. The third-order valence-corrected chi connectivity index (χ3v) is 3.95. The molecule has 1 saturated carbocycles. The first-order valence-electron chi connectivity index (χ1n) is 6.30. The van der Waals surface area contributed by atoms with Gasteiger partial charge >= 0.3 is 0 Å². The number of aromatic amines is 1. The van der Waals surface area contributed by atoms with Gasteiger partial charge in [0.15, 0.2) is 5.82 Å². The molecule has 1 aliphatic carbocycles. The number of H-pyrrole nitrogens is 1. The molecule has 19 heavy (non-hydrogen) atoms. The Balaban J connectivity index is 1.66. The van der Waals surface area contributed by atoms with Crippen molar-refractivity contribution in [2.45, 2.75) is 25.7 Å². The maximum absolute atomic E-state index is 11.8. The van der Waals surface area contributed by atoms with Crippen LogP contribution in [0.2, 0.25) is 0 Å². The van der Waals surface area contributed by atoms with Gasteiger partial charge in [-0.25, -0.2) is 0 Å². The minimum Gasteiger partial charge on any atom is -0.305 e. The smallest absolute Gasteiger partial charge is 0.249 e. The molecule has 2 aromatic heterocycles. The highest BCUT2D eigenvalue weighted by Gasteiger charge is 2.28. The van der Waals surface area contributed by atoms with Crippen molar-refractivity contribution in [2.75, 3.05) is 5.32 Å². The lowest BCUT2D eigenvalue weighted by atomic mass is 10.2. The van der Waals surface area contributed by atoms with Crippen molar-refractivity contribution in [1.29, 1.82) is 0 Å². The fourth-order valence-corrected chi connectivity index (χ4v) is 2.63. The second kappa shape index (κ2) is 5.01. The lowest BCUT2D eigenvalue weighted by molar-refractivity contribution is -0.111. The van der Waals surface area contributed by atoms with Crippen LogP contribution in [-0.4, -0.2) is 16.1 Å². The molecule has 0 saturated heterocycles. The summed E-state index contributed by atoms with van der Waals surface area (Å²) in [6, 6.07) is 1.97. The second-order valence-electron chi connectivity index (χ2n) is 4.76. The zero-order valence-electron chi connectivity index (χ0n) is 10.6. The van der Waals surface area contributed by atoms with Crippen molar-refractivity contribution in [2.24, 2.45) is 0 Å². The van der Waals surface area contributed by atoms with Crippen molar-refractivity contribution in [3.63, 3.8) is 0 Å². The van der Waals surface area contributed by atoms with Gasteiger partial charge in [0.05, 0.1) is 0 Å². The van der Waals surface area contributed by atoms with Gasteiger partial charge in [0.2, 0.25) is 5.91 Å². The molecule has 4 nitrogen and oxygen atoms in total. The molecule has 0 aliphatic heterocycles. The van der Waals surface area contributed by atoms with Crippen LogP contribution in [0.5, 0.6) is 0 Å². The summed E-state index contributed by atoms with van der Waals surface area (Å²) in [6.07, 6.45) is 5.77. The molecule has 0 aromatic carbocycles. The van der Waals surface area contributed by atoms with E-state index in [1.807, 2.05) is 23.8 Å². The average Bonchev–Trinajstić information content (AvgIpc) is 2.98. The molecule has 0 unspecified atom stereocenters. The van der Waals surface area contributed by atoms with Crippen LogP contribution in [0.25, 0.3) is 6.08 Å². The fourth-order valence-electron chi connectivity index (χ4n) is 2.00. The molecule has 0 atom stereocenters. The summed E-state index contributed by atoms with van der Waals surface area (Å²) in [6.45, 7) is 2.00. The zero-order chi connectivity index (χ0) is 13.2. The van der Waals surface area contributed by atoms with Gasteiger partial charge in [0.25, 0.3) is 0 Å². The van der Waals surface area contributed by atoms with Gasteiger partial charge in [-0.15, -0.1) is 0 Å². The number of nitrogens with one attached hydrogen (secondary N) is 2. The molecule has 1 fully saturated rings. The Morgan fingerprint density at radius 2 is 2.42 bits per heavy atom. The molecular weight excluding hydrogens is 258 g/mol. The Morgan fingerprint density at radius 3 is 3.11 bits per heavy atom. The first-order valence-corrected chi connectivity index (χ1v) is 7.24. The second-order valence-corrected chi connectivity index (χ2v) is 5.54. The third-order valence-electron chi connectivity index (χ3n) is 3.24. The van der Waals surface area contributed by atoms with E-state index in [1.165, 1.54) is 18.9 Å². The van der Waals surface area contributed by atoms with Crippen molar-refractivity contribution in [3.05, 3.63) is 39.7 Å². The molecule has 0 spiro atoms. The molecule has 2 heterocycles. The lowest BCUT2D eigenvalue weighted by Crippen LogP contribution is -2.09. The largest absolute Gasteiger partial charge is 0.305 e. The molecule has 0 radical (unpaired) electrons. The van der Waals surface area contributed by atoms with Gasteiger partial charge in [-0.1, -0.05) is 0 Å². The number of carbonyl (C=O) groups excluding carboxylic acids is 1. The molecule has 2 aromatic rings. The molecule has 2 N–H and O–H groups in total. The summed E-state index contributed by atoms with van der Waals surface area (Å²) < 4.78 is 0. The summed E-state index contributed by atoms with van der Waals surface area (Å²) in [5.74, 6) is 1.10. The number of hydrogen-bond acceptors (Lipinski definition) is 3. The number of carbonyl (C=O) groups is 1. The highest BCUT2D eigenvalue weighted by molar-refractivity contribution is 7.08. The predicted molar refractivity (Wildman–Crippen MR) is 77.3 cm³/mol. The number of nitrogens with zero attached hydrogens (tertiary/aromatic N) is 1. The van der Waals surface area contributed by atoms with Crippen LogP contribution in [0.15, 0.2) is 22.9 Å². The van der Waals surface area contributed by atoms with E-state index >= 15 is 0 Å². The van der Waals surface area contributed by atoms with Gasteiger partial charge in [-0.2, -0.15) is 16.4 Å². The number of aromatic nitrogens is 2. The van der Waals surface area contributed by atoms with E-state index in [4.69, 9.17) is 0 Å². The summed E-state index contributed by atoms with van der Waals surface area (Å²) in [5, 5.41) is 14.0. The Labute approximate surface area is 115 Å². The Morgan fingerprint density at radius 1 is 1.58 bits per heavy atom. The highest BCUT2D eigenvalue weighted by atomic mass is 32.1. The number of anilines is 1. The topological polar surface area (TPSA) is 57.8 Å². The standard InChI is InChI=1S/C14H15N3OS/c1-9-13(11-3-4-11)16-17-14(9)15-12(18)5-2-10-6-7-19-8-10/h2,5-8,11H,3-4H2,1H3,(H2,15,16,17,18)/b5-2+. The first kappa shape index (κ1) is 12.2. The Bertz CT molecular complexity index is 609. The van der Waals surface area contributed by atoms with E-state index in [0.717, 1.165) is 16.8 Å². The van der Waals surface area contributed by atoms with Crippen molar-refractivity contribution >= 4 is 29.1 Å². The minimum absolute atomic E-state index is 0.150. The van der Waals surface area contributed by atoms with Crippen molar-refractivity contribution < 1.29 is 4.79 Å². The molecule has 0 bridgehead atoms. The maximum atomic E-state index is 11.8. The number of rotatable bonds is 4. The molecule has 98 valence electrons. The third kappa shape index (κ3) is 2.76. The summed E-state index contributed by atoms with van der Waals surface area (Å²) >= 11 is 1.61. The Kier molecular flexibility index (Phi) is 3.21. The van der Waals surface area contributed by atoms with Crippen LogP contribution < -0.4 is 5.32 Å². The van der Waals surface area contributed by atoms with E-state index in [-0.39, 0.29) is 5.91 Å². The maximum Gasteiger partial charge on any atom is 0.249 e.